The first-order valence-corrected chi connectivity index (χ1v) is 8.22. The van der Waals surface area contributed by atoms with E-state index < -0.39 is 0 Å². The van der Waals surface area contributed by atoms with Gasteiger partial charge in [0, 0.05) is 22.9 Å². The Hall–Kier alpha value is -2.15. The van der Waals surface area contributed by atoms with Crippen LogP contribution in [0, 0.1) is 6.92 Å². The Kier molecular flexibility index (Phi) is 4.21. The number of rotatable bonds is 3. The van der Waals surface area contributed by atoms with Gasteiger partial charge in [-0.3, -0.25) is 9.89 Å². The van der Waals surface area contributed by atoms with E-state index in [4.69, 9.17) is 9.47 Å². The maximum Gasteiger partial charge on any atom is 0.238 e. The topological polar surface area (TPSA) is 76.2 Å². The van der Waals surface area contributed by atoms with Crippen molar-refractivity contribution < 1.29 is 14.3 Å². The van der Waals surface area contributed by atoms with Crippen molar-refractivity contribution in [3.8, 4) is 11.5 Å². The number of methoxy groups -OCH3 is 2. The van der Waals surface area contributed by atoms with Gasteiger partial charge in [0.1, 0.15) is 11.5 Å². The molecule has 2 N–H and O–H groups in total. The SMILES string of the molecule is COc1ccc([C@@H]2S[C@@H](C)C(=O)Nc3n[nH]c(C)c32)c(OC)c1. The van der Waals surface area contributed by atoms with E-state index in [2.05, 4.69) is 15.5 Å². The van der Waals surface area contributed by atoms with E-state index in [1.165, 1.54) is 0 Å². The molecule has 0 fully saturated rings. The van der Waals surface area contributed by atoms with Crippen molar-refractivity contribution >= 4 is 23.5 Å². The van der Waals surface area contributed by atoms with Crippen LogP contribution in [0.4, 0.5) is 5.82 Å². The molecule has 3 rings (SSSR count). The molecule has 0 bridgehead atoms. The van der Waals surface area contributed by atoms with Crippen LogP contribution in [0.1, 0.15) is 29.0 Å². The van der Waals surface area contributed by atoms with Crippen molar-refractivity contribution in [2.75, 3.05) is 19.5 Å². The molecule has 2 aromatic rings. The van der Waals surface area contributed by atoms with Crippen molar-refractivity contribution in [2.24, 2.45) is 0 Å². The predicted octanol–water partition coefficient (Wildman–Crippen LogP) is 2.90. The maximum absolute atomic E-state index is 12.2. The number of amides is 1. The van der Waals surface area contributed by atoms with Crippen LogP contribution in [0.15, 0.2) is 18.2 Å². The van der Waals surface area contributed by atoms with Gasteiger partial charge in [-0.25, -0.2) is 0 Å². The predicted molar refractivity (Wildman–Crippen MR) is 90.4 cm³/mol. The number of thioether (sulfide) groups is 1. The molecule has 0 radical (unpaired) electrons. The average molecular weight is 333 g/mol. The average Bonchev–Trinajstić information content (AvgIpc) is 2.85. The van der Waals surface area contributed by atoms with Crippen LogP contribution in [-0.4, -0.2) is 35.6 Å². The van der Waals surface area contributed by atoms with Crippen LogP contribution < -0.4 is 14.8 Å². The van der Waals surface area contributed by atoms with E-state index in [0.29, 0.717) is 5.82 Å². The summed E-state index contributed by atoms with van der Waals surface area (Å²) in [4.78, 5) is 12.2. The highest BCUT2D eigenvalue weighted by Gasteiger charge is 2.33. The molecule has 0 aliphatic carbocycles. The number of nitrogens with zero attached hydrogens (tertiary/aromatic N) is 1. The highest BCUT2D eigenvalue weighted by Crippen LogP contribution is 2.47. The third-order valence-corrected chi connectivity index (χ3v) is 5.32. The Morgan fingerprint density at radius 1 is 1.26 bits per heavy atom. The number of H-pyrrole nitrogens is 1. The number of ether oxygens (including phenoxy) is 2. The number of aryl methyl sites for hydroxylation is 1. The molecule has 1 amide bonds. The quantitative estimate of drug-likeness (QED) is 0.903. The molecule has 2 heterocycles. The number of carbonyl (C=O) groups excluding carboxylic acids is 1. The Bertz CT molecular complexity index is 744. The van der Waals surface area contributed by atoms with Gasteiger partial charge in [-0.05, 0) is 19.9 Å². The lowest BCUT2D eigenvalue weighted by Gasteiger charge is -2.20. The summed E-state index contributed by atoms with van der Waals surface area (Å²) in [5.41, 5.74) is 2.91. The number of aromatic nitrogens is 2. The van der Waals surface area contributed by atoms with Crippen LogP contribution in [-0.2, 0) is 4.79 Å². The van der Waals surface area contributed by atoms with Crippen LogP contribution in [0.25, 0.3) is 0 Å². The molecule has 1 aliphatic rings. The van der Waals surface area contributed by atoms with Gasteiger partial charge < -0.3 is 14.8 Å². The fourth-order valence-electron chi connectivity index (χ4n) is 2.67. The Morgan fingerprint density at radius 2 is 2.04 bits per heavy atom. The van der Waals surface area contributed by atoms with E-state index in [0.717, 1.165) is 28.3 Å². The van der Waals surface area contributed by atoms with Crippen molar-refractivity contribution in [1.82, 2.24) is 10.2 Å². The molecule has 2 atom stereocenters. The molecular formula is C16H19N3O3S. The van der Waals surface area contributed by atoms with Crippen molar-refractivity contribution in [1.29, 1.82) is 0 Å². The van der Waals surface area contributed by atoms with Crippen LogP contribution in [0.2, 0.25) is 0 Å². The van der Waals surface area contributed by atoms with E-state index in [-0.39, 0.29) is 16.4 Å². The van der Waals surface area contributed by atoms with Gasteiger partial charge in [-0.2, -0.15) is 5.10 Å². The Labute approximate surface area is 138 Å². The first-order chi connectivity index (χ1) is 11.0. The first-order valence-electron chi connectivity index (χ1n) is 7.28. The van der Waals surface area contributed by atoms with Gasteiger partial charge >= 0.3 is 0 Å². The standard InChI is InChI=1S/C16H19N3O3S/c1-8-13-14(11-6-5-10(21-3)7-12(11)22-4)23-9(2)16(20)17-15(13)19-18-8/h5-7,9,14H,1-4H3,(H2,17,18,19,20)/t9-,14-/m0/s1. The maximum atomic E-state index is 12.2. The van der Waals surface area contributed by atoms with Crippen molar-refractivity contribution in [3.63, 3.8) is 0 Å². The van der Waals surface area contributed by atoms with Crippen LogP contribution in [0.3, 0.4) is 0 Å². The van der Waals surface area contributed by atoms with Gasteiger partial charge in [0.05, 0.1) is 24.7 Å². The molecule has 122 valence electrons. The van der Waals surface area contributed by atoms with E-state index >= 15 is 0 Å². The molecule has 1 aromatic carbocycles. The summed E-state index contributed by atoms with van der Waals surface area (Å²) in [5.74, 6) is 2.01. The molecule has 0 unspecified atom stereocenters. The molecule has 23 heavy (non-hydrogen) atoms. The Balaban J connectivity index is 2.14. The highest BCUT2D eigenvalue weighted by molar-refractivity contribution is 8.01. The van der Waals surface area contributed by atoms with Crippen molar-refractivity contribution in [2.45, 2.75) is 24.3 Å². The zero-order valence-electron chi connectivity index (χ0n) is 13.5. The van der Waals surface area contributed by atoms with Gasteiger partial charge in [0.2, 0.25) is 5.91 Å². The number of anilines is 1. The van der Waals surface area contributed by atoms with Crippen LogP contribution >= 0.6 is 11.8 Å². The number of carbonyl (C=O) groups is 1. The molecule has 1 aliphatic heterocycles. The number of fused-ring (bicyclic) bond motifs is 1. The second-order valence-electron chi connectivity index (χ2n) is 5.37. The van der Waals surface area contributed by atoms with Crippen molar-refractivity contribution in [3.05, 3.63) is 35.0 Å². The molecular weight excluding hydrogens is 314 g/mol. The van der Waals surface area contributed by atoms with Gasteiger partial charge in [0.25, 0.3) is 0 Å². The summed E-state index contributed by atoms with van der Waals surface area (Å²) < 4.78 is 10.8. The number of hydrogen-bond donors (Lipinski definition) is 2. The summed E-state index contributed by atoms with van der Waals surface area (Å²) in [7, 11) is 3.26. The largest absolute Gasteiger partial charge is 0.497 e. The second-order valence-corrected chi connectivity index (χ2v) is 6.82. The molecule has 1 aromatic heterocycles. The van der Waals surface area contributed by atoms with Gasteiger partial charge in [-0.1, -0.05) is 6.07 Å². The second kappa shape index (κ2) is 6.16. The smallest absolute Gasteiger partial charge is 0.238 e. The molecule has 7 heteroatoms. The fourth-order valence-corrected chi connectivity index (χ4v) is 4.03. The monoisotopic (exact) mass is 333 g/mol. The lowest BCUT2D eigenvalue weighted by Crippen LogP contribution is -2.21. The lowest BCUT2D eigenvalue weighted by atomic mass is 10.0. The highest BCUT2D eigenvalue weighted by atomic mass is 32.2. The number of benzene rings is 1. The van der Waals surface area contributed by atoms with E-state index in [1.54, 1.807) is 26.0 Å². The number of nitrogens with one attached hydrogen (secondary N) is 2. The minimum Gasteiger partial charge on any atom is -0.497 e. The minimum absolute atomic E-state index is 0.0438. The zero-order chi connectivity index (χ0) is 16.6. The Morgan fingerprint density at radius 3 is 2.74 bits per heavy atom. The molecule has 0 spiro atoms. The third kappa shape index (κ3) is 2.76. The van der Waals surface area contributed by atoms with Crippen LogP contribution in [0.5, 0.6) is 11.5 Å². The first kappa shape index (κ1) is 15.7. The molecule has 6 nitrogen and oxygen atoms in total. The summed E-state index contributed by atoms with van der Waals surface area (Å²) in [6.07, 6.45) is 0. The van der Waals surface area contributed by atoms with Gasteiger partial charge in [0.15, 0.2) is 5.82 Å². The number of aromatic amines is 1. The zero-order valence-corrected chi connectivity index (χ0v) is 14.3. The summed E-state index contributed by atoms with van der Waals surface area (Å²) in [6, 6.07) is 5.74. The summed E-state index contributed by atoms with van der Waals surface area (Å²) >= 11 is 1.58. The summed E-state index contributed by atoms with van der Waals surface area (Å²) in [5, 5.41) is 9.82. The minimum atomic E-state index is -0.194. The molecule has 0 saturated carbocycles. The van der Waals surface area contributed by atoms with E-state index in [1.807, 2.05) is 32.0 Å². The number of hydrogen-bond acceptors (Lipinski definition) is 5. The molecule has 0 saturated heterocycles. The van der Waals surface area contributed by atoms with Gasteiger partial charge in [-0.15, -0.1) is 11.8 Å². The lowest BCUT2D eigenvalue weighted by molar-refractivity contribution is -0.115. The normalized spacial score (nSPS) is 20.4. The summed E-state index contributed by atoms with van der Waals surface area (Å²) in [6.45, 7) is 3.85. The van der Waals surface area contributed by atoms with E-state index in [9.17, 15) is 4.79 Å². The fraction of sp³-hybridized carbons (Fsp3) is 0.375. The third-order valence-electron chi connectivity index (χ3n) is 3.93.